The van der Waals surface area contributed by atoms with Crippen molar-refractivity contribution in [2.24, 2.45) is 5.73 Å². The third kappa shape index (κ3) is 3.44. The molecule has 17 heavy (non-hydrogen) atoms. The Morgan fingerprint density at radius 1 is 1.41 bits per heavy atom. The lowest BCUT2D eigenvalue weighted by Crippen LogP contribution is -2.29. The van der Waals surface area contributed by atoms with Crippen LogP contribution in [0, 0.1) is 0 Å². The van der Waals surface area contributed by atoms with Crippen LogP contribution in [0.5, 0.6) is 17.2 Å². The fourth-order valence-electron chi connectivity index (χ4n) is 1.22. The molecule has 1 aliphatic heterocycles. The van der Waals surface area contributed by atoms with Crippen molar-refractivity contribution in [3.63, 3.8) is 0 Å². The molecule has 0 aromatic heterocycles. The summed E-state index contributed by atoms with van der Waals surface area (Å²) in [5.41, 5.74) is 4.43. The van der Waals surface area contributed by atoms with Crippen LogP contribution in [0.3, 0.4) is 0 Å². The molecule has 1 amide bonds. The second kappa shape index (κ2) is 4.82. The van der Waals surface area contributed by atoms with Crippen LogP contribution in [0.25, 0.3) is 0 Å². The van der Waals surface area contributed by atoms with E-state index in [2.05, 4.69) is 10.5 Å². The number of phenols is 1. The third-order valence-corrected chi connectivity index (χ3v) is 1.86. The highest BCUT2D eigenvalue weighted by molar-refractivity contribution is 5.64. The number of phenolic OH excluding ortho intramolecular Hbond substituents is 1. The molecule has 0 atom stereocenters. The molecule has 0 aliphatic carbocycles. The van der Waals surface area contributed by atoms with E-state index in [1.54, 1.807) is 32.0 Å². The van der Waals surface area contributed by atoms with Gasteiger partial charge in [-0.3, -0.25) is 0 Å². The van der Waals surface area contributed by atoms with Crippen LogP contribution < -0.4 is 15.2 Å². The summed E-state index contributed by atoms with van der Waals surface area (Å²) in [6.45, 7) is 3.60. The fraction of sp³-hybridized carbons (Fsp3) is 0.364. The van der Waals surface area contributed by atoms with Gasteiger partial charge >= 0.3 is 6.09 Å². The van der Waals surface area contributed by atoms with Gasteiger partial charge in [-0.05, 0) is 12.1 Å². The lowest BCUT2D eigenvalue weighted by Gasteiger charge is -2.16. The predicted octanol–water partition coefficient (Wildman–Crippen LogP) is 1.61. The lowest BCUT2D eigenvalue weighted by molar-refractivity contribution is -0.0439. The lowest BCUT2D eigenvalue weighted by atomic mass is 10.3. The van der Waals surface area contributed by atoms with Crippen LogP contribution in [0.2, 0.25) is 0 Å². The Kier molecular flexibility index (Phi) is 3.67. The van der Waals surface area contributed by atoms with Crippen LogP contribution in [0.4, 0.5) is 4.79 Å². The number of hydrogen-bond acceptors (Lipinski definition) is 5. The number of aromatic hydroxyl groups is 1. The summed E-state index contributed by atoms with van der Waals surface area (Å²) in [5.74, 6) is 0.488. The number of nitrogens with two attached hydrogens (primary N) is 1. The summed E-state index contributed by atoms with van der Waals surface area (Å²) in [7, 11) is 1.22. The number of fused-ring (bicyclic) bond motifs is 1. The number of para-hydroxylation sites is 1. The molecule has 3 N–H and O–H groups in total. The zero-order chi connectivity index (χ0) is 13.1. The van der Waals surface area contributed by atoms with E-state index in [4.69, 9.17) is 9.47 Å². The Morgan fingerprint density at radius 2 is 2.00 bits per heavy atom. The molecule has 1 heterocycles. The van der Waals surface area contributed by atoms with Crippen LogP contribution in [-0.2, 0) is 4.74 Å². The molecule has 1 aliphatic rings. The number of hydrogen-bond donors (Lipinski definition) is 2. The quantitative estimate of drug-likeness (QED) is 0.720. The van der Waals surface area contributed by atoms with Gasteiger partial charge in [0.25, 0.3) is 0 Å². The van der Waals surface area contributed by atoms with E-state index >= 15 is 0 Å². The summed E-state index contributed by atoms with van der Waals surface area (Å²) in [6.07, 6.45) is -0.745. The number of primary amides is 1. The Labute approximate surface area is 98.9 Å². The first kappa shape index (κ1) is 13.0. The number of methoxy groups -OCH3 is 1. The summed E-state index contributed by atoms with van der Waals surface area (Å²) in [4.78, 5) is 9.37. The second-order valence-corrected chi connectivity index (χ2v) is 3.73. The zero-order valence-electron chi connectivity index (χ0n) is 9.89. The van der Waals surface area contributed by atoms with Crippen molar-refractivity contribution < 1.29 is 24.1 Å². The Bertz CT molecular complexity index is 416. The number of carbonyl (C=O) groups is 1. The molecular formula is C11H15NO5. The maximum Gasteiger partial charge on any atom is 0.404 e. The molecule has 0 unspecified atom stereocenters. The molecule has 0 saturated heterocycles. The summed E-state index contributed by atoms with van der Waals surface area (Å²) < 4.78 is 14.6. The first-order valence-corrected chi connectivity index (χ1v) is 4.89. The van der Waals surface area contributed by atoms with Gasteiger partial charge in [0.05, 0.1) is 7.11 Å². The van der Waals surface area contributed by atoms with Gasteiger partial charge in [0.15, 0.2) is 11.5 Å². The Balaban J connectivity index is 0.000000249. The van der Waals surface area contributed by atoms with Crippen LogP contribution in [0.1, 0.15) is 13.8 Å². The molecule has 94 valence electrons. The molecule has 1 aromatic rings. The minimum absolute atomic E-state index is 0.123. The van der Waals surface area contributed by atoms with E-state index in [0.717, 1.165) is 0 Å². The Morgan fingerprint density at radius 3 is 2.47 bits per heavy atom. The zero-order valence-corrected chi connectivity index (χ0v) is 9.89. The minimum Gasteiger partial charge on any atom is -0.504 e. The highest BCUT2D eigenvalue weighted by Gasteiger charge is 2.33. The molecule has 0 spiro atoms. The van der Waals surface area contributed by atoms with Gasteiger partial charge < -0.3 is 25.1 Å². The largest absolute Gasteiger partial charge is 0.504 e. The summed E-state index contributed by atoms with van der Waals surface area (Å²) >= 11 is 0. The van der Waals surface area contributed by atoms with Gasteiger partial charge in [-0.15, -0.1) is 0 Å². The van der Waals surface area contributed by atoms with E-state index < -0.39 is 11.9 Å². The van der Waals surface area contributed by atoms with Crippen molar-refractivity contribution in [2.75, 3.05) is 7.11 Å². The number of rotatable bonds is 0. The Hall–Kier alpha value is -2.11. The number of amides is 1. The van der Waals surface area contributed by atoms with Crippen molar-refractivity contribution in [3.8, 4) is 17.2 Å². The summed E-state index contributed by atoms with van der Waals surface area (Å²) in [6, 6.07) is 5.06. The normalized spacial score (nSPS) is 14.5. The minimum atomic E-state index is -0.745. The van der Waals surface area contributed by atoms with Crippen molar-refractivity contribution in [3.05, 3.63) is 18.2 Å². The molecule has 2 rings (SSSR count). The van der Waals surface area contributed by atoms with Gasteiger partial charge in [-0.2, -0.15) is 0 Å². The van der Waals surface area contributed by atoms with Crippen molar-refractivity contribution in [2.45, 2.75) is 19.6 Å². The van der Waals surface area contributed by atoms with E-state index in [1.807, 2.05) is 0 Å². The van der Waals surface area contributed by atoms with Gasteiger partial charge in [-0.25, -0.2) is 4.79 Å². The first-order valence-electron chi connectivity index (χ1n) is 4.89. The highest BCUT2D eigenvalue weighted by atomic mass is 16.7. The summed E-state index contributed by atoms with van der Waals surface area (Å²) in [5, 5.41) is 9.36. The van der Waals surface area contributed by atoms with Crippen LogP contribution in [-0.4, -0.2) is 24.1 Å². The molecular weight excluding hydrogens is 226 g/mol. The standard InChI is InChI=1S/C9H10O3.C2H5NO2/c1-9(2)11-7-5-3-4-6(10)8(7)12-9;1-5-2(3)4/h3-5,10H,1-2H3;1H3,(H2,3,4). The van der Waals surface area contributed by atoms with Crippen molar-refractivity contribution in [1.29, 1.82) is 0 Å². The van der Waals surface area contributed by atoms with E-state index in [9.17, 15) is 9.90 Å². The first-order chi connectivity index (χ1) is 7.85. The van der Waals surface area contributed by atoms with Gasteiger partial charge in [0, 0.05) is 13.8 Å². The highest BCUT2D eigenvalue weighted by Crippen LogP contribution is 2.44. The SMILES string of the molecule is CC1(C)Oc2cccc(O)c2O1.COC(N)=O. The molecule has 0 bridgehead atoms. The van der Waals surface area contributed by atoms with Gasteiger partial charge in [0.1, 0.15) is 0 Å². The van der Waals surface area contributed by atoms with E-state index in [-0.39, 0.29) is 5.75 Å². The van der Waals surface area contributed by atoms with Crippen LogP contribution >= 0.6 is 0 Å². The maximum absolute atomic E-state index is 9.37. The fourth-order valence-corrected chi connectivity index (χ4v) is 1.22. The third-order valence-electron chi connectivity index (χ3n) is 1.86. The number of benzene rings is 1. The predicted molar refractivity (Wildman–Crippen MR) is 60.0 cm³/mol. The number of ether oxygens (including phenoxy) is 3. The smallest absolute Gasteiger partial charge is 0.404 e. The molecule has 0 radical (unpaired) electrons. The van der Waals surface area contributed by atoms with Crippen LogP contribution in [0.15, 0.2) is 18.2 Å². The van der Waals surface area contributed by atoms with Gasteiger partial charge in [-0.1, -0.05) is 6.07 Å². The molecule has 0 fully saturated rings. The van der Waals surface area contributed by atoms with Crippen molar-refractivity contribution >= 4 is 6.09 Å². The topological polar surface area (TPSA) is 91.0 Å². The molecule has 6 heteroatoms. The molecule has 6 nitrogen and oxygen atoms in total. The average Bonchev–Trinajstić information content (AvgIpc) is 2.55. The van der Waals surface area contributed by atoms with Gasteiger partial charge in [0.2, 0.25) is 11.5 Å². The second-order valence-electron chi connectivity index (χ2n) is 3.73. The maximum atomic E-state index is 9.37. The molecule has 0 saturated carbocycles. The number of carbonyl (C=O) groups excluding carboxylic acids is 1. The molecule has 1 aromatic carbocycles. The average molecular weight is 241 g/mol. The van der Waals surface area contributed by atoms with E-state index in [1.165, 1.54) is 7.11 Å². The monoisotopic (exact) mass is 241 g/mol. The van der Waals surface area contributed by atoms with Crippen molar-refractivity contribution in [1.82, 2.24) is 0 Å². The van der Waals surface area contributed by atoms with E-state index in [0.29, 0.717) is 11.5 Å².